The van der Waals surface area contributed by atoms with E-state index in [1.807, 2.05) is 18.2 Å². The van der Waals surface area contributed by atoms with Gasteiger partial charge in [0.2, 0.25) is 0 Å². The van der Waals surface area contributed by atoms with Crippen LogP contribution in [0.1, 0.15) is 10.4 Å². The largest absolute Gasteiger partial charge is 0.298 e. The van der Waals surface area contributed by atoms with Crippen LogP contribution in [-0.2, 0) is 0 Å². The maximum Gasteiger partial charge on any atom is 0.149 e. The third-order valence-corrected chi connectivity index (χ3v) is 3.97. The SMILES string of the molecule is C[Si](C)(C)c1ccccc1C=O. The molecule has 1 nitrogen and oxygen atoms in total. The molecule has 64 valence electrons. The Labute approximate surface area is 74.4 Å². The van der Waals surface area contributed by atoms with Crippen molar-refractivity contribution in [1.82, 2.24) is 0 Å². The van der Waals surface area contributed by atoms with E-state index in [0.29, 0.717) is 0 Å². The summed E-state index contributed by atoms with van der Waals surface area (Å²) in [6.07, 6.45) is 0.952. The van der Waals surface area contributed by atoms with Crippen LogP contribution in [-0.4, -0.2) is 14.4 Å². The van der Waals surface area contributed by atoms with Crippen molar-refractivity contribution < 1.29 is 4.79 Å². The fourth-order valence-corrected chi connectivity index (χ4v) is 2.89. The minimum atomic E-state index is -1.33. The topological polar surface area (TPSA) is 17.1 Å². The number of hydrogen-bond donors (Lipinski definition) is 0. The molecule has 0 aromatic heterocycles. The molecule has 0 atom stereocenters. The van der Waals surface area contributed by atoms with Gasteiger partial charge in [-0.3, -0.25) is 4.79 Å². The summed E-state index contributed by atoms with van der Waals surface area (Å²) >= 11 is 0. The van der Waals surface area contributed by atoms with Gasteiger partial charge in [0.15, 0.2) is 0 Å². The monoisotopic (exact) mass is 178 g/mol. The van der Waals surface area contributed by atoms with Gasteiger partial charge in [0.1, 0.15) is 6.29 Å². The van der Waals surface area contributed by atoms with Gasteiger partial charge < -0.3 is 0 Å². The second kappa shape index (κ2) is 3.23. The molecule has 0 aliphatic rings. The summed E-state index contributed by atoms with van der Waals surface area (Å²) in [7, 11) is -1.33. The Morgan fingerprint density at radius 1 is 1.17 bits per heavy atom. The molecule has 1 aromatic rings. The van der Waals surface area contributed by atoms with Gasteiger partial charge in [0, 0.05) is 5.56 Å². The van der Waals surface area contributed by atoms with E-state index in [-0.39, 0.29) is 0 Å². The van der Waals surface area contributed by atoms with Crippen molar-refractivity contribution in [2.45, 2.75) is 19.6 Å². The molecule has 0 unspecified atom stereocenters. The summed E-state index contributed by atoms with van der Waals surface area (Å²) in [6.45, 7) is 6.74. The first kappa shape index (κ1) is 9.20. The van der Waals surface area contributed by atoms with E-state index in [2.05, 4.69) is 25.7 Å². The second-order valence-electron chi connectivity index (χ2n) is 3.96. The lowest BCUT2D eigenvalue weighted by Gasteiger charge is -2.18. The Kier molecular flexibility index (Phi) is 2.48. The third-order valence-electron chi connectivity index (χ3n) is 1.90. The second-order valence-corrected chi connectivity index (χ2v) is 8.99. The number of aldehydes is 1. The van der Waals surface area contributed by atoms with Crippen molar-refractivity contribution in [1.29, 1.82) is 0 Å². The van der Waals surface area contributed by atoms with E-state index >= 15 is 0 Å². The fourth-order valence-electron chi connectivity index (χ4n) is 1.28. The van der Waals surface area contributed by atoms with Crippen LogP contribution in [0.25, 0.3) is 0 Å². The molecular formula is C10H14OSi. The quantitative estimate of drug-likeness (QED) is 0.500. The normalized spacial score (nSPS) is 11.2. The Hall–Kier alpha value is -0.893. The molecule has 2 heteroatoms. The highest BCUT2D eigenvalue weighted by Gasteiger charge is 2.18. The van der Waals surface area contributed by atoms with Crippen molar-refractivity contribution in [2.75, 3.05) is 0 Å². The highest BCUT2D eigenvalue weighted by atomic mass is 28.3. The fraction of sp³-hybridized carbons (Fsp3) is 0.300. The van der Waals surface area contributed by atoms with Crippen LogP contribution < -0.4 is 5.19 Å². The first-order valence-corrected chi connectivity index (χ1v) is 7.60. The van der Waals surface area contributed by atoms with Crippen LogP contribution in [0.15, 0.2) is 24.3 Å². The summed E-state index contributed by atoms with van der Waals surface area (Å²) in [5.74, 6) is 0. The zero-order valence-electron chi connectivity index (χ0n) is 7.79. The highest BCUT2D eigenvalue weighted by Crippen LogP contribution is 2.04. The van der Waals surface area contributed by atoms with E-state index in [1.165, 1.54) is 5.19 Å². The summed E-state index contributed by atoms with van der Waals surface area (Å²) < 4.78 is 0. The molecule has 0 bridgehead atoms. The summed E-state index contributed by atoms with van der Waals surface area (Å²) in [4.78, 5) is 10.7. The van der Waals surface area contributed by atoms with E-state index in [0.717, 1.165) is 11.8 Å². The molecule has 1 rings (SSSR count). The lowest BCUT2D eigenvalue weighted by atomic mass is 10.2. The van der Waals surface area contributed by atoms with Gasteiger partial charge >= 0.3 is 0 Å². The highest BCUT2D eigenvalue weighted by molar-refractivity contribution is 6.89. The molecule has 12 heavy (non-hydrogen) atoms. The van der Waals surface area contributed by atoms with E-state index in [9.17, 15) is 4.79 Å². The molecule has 1 aromatic carbocycles. The van der Waals surface area contributed by atoms with Gasteiger partial charge in [-0.15, -0.1) is 0 Å². The molecule has 0 fully saturated rings. The van der Waals surface area contributed by atoms with Crippen LogP contribution in [0.4, 0.5) is 0 Å². The first-order valence-electron chi connectivity index (χ1n) is 4.10. The van der Waals surface area contributed by atoms with E-state index in [4.69, 9.17) is 0 Å². The standard InChI is InChI=1S/C10H14OSi/c1-12(2,3)10-7-5-4-6-9(10)8-11/h4-8H,1-3H3. The van der Waals surface area contributed by atoms with Crippen molar-refractivity contribution in [2.24, 2.45) is 0 Å². The number of carbonyl (C=O) groups excluding carboxylic acids is 1. The predicted octanol–water partition coefficient (Wildman–Crippen LogP) is 2.04. The Balaban J connectivity index is 3.23. The van der Waals surface area contributed by atoms with Crippen molar-refractivity contribution in [3.8, 4) is 0 Å². The number of hydrogen-bond acceptors (Lipinski definition) is 1. The minimum absolute atomic E-state index is 0.858. The van der Waals surface area contributed by atoms with E-state index < -0.39 is 8.07 Å². The zero-order chi connectivity index (χ0) is 9.19. The van der Waals surface area contributed by atoms with Crippen LogP contribution in [0.5, 0.6) is 0 Å². The van der Waals surface area contributed by atoms with Crippen LogP contribution in [0.2, 0.25) is 19.6 Å². The molecule has 0 aliphatic heterocycles. The Morgan fingerprint density at radius 2 is 1.75 bits per heavy atom. The van der Waals surface area contributed by atoms with Gasteiger partial charge in [-0.2, -0.15) is 0 Å². The Bertz CT molecular complexity index is 286. The van der Waals surface area contributed by atoms with Crippen molar-refractivity contribution in [3.63, 3.8) is 0 Å². The molecule has 0 saturated carbocycles. The molecule has 0 heterocycles. The summed E-state index contributed by atoms with van der Waals surface area (Å²) in [5.41, 5.74) is 0.858. The van der Waals surface area contributed by atoms with Gasteiger partial charge in [-0.1, -0.05) is 43.9 Å². The Morgan fingerprint density at radius 3 is 2.17 bits per heavy atom. The number of benzene rings is 1. The maximum atomic E-state index is 10.7. The van der Waals surface area contributed by atoms with Gasteiger partial charge in [0.05, 0.1) is 8.07 Å². The van der Waals surface area contributed by atoms with Crippen LogP contribution in [0, 0.1) is 0 Å². The third kappa shape index (κ3) is 1.83. The molecular weight excluding hydrogens is 164 g/mol. The average Bonchev–Trinajstić information content (AvgIpc) is 2.03. The van der Waals surface area contributed by atoms with Gasteiger partial charge in [0.25, 0.3) is 0 Å². The van der Waals surface area contributed by atoms with E-state index in [1.54, 1.807) is 0 Å². The average molecular weight is 178 g/mol. The predicted molar refractivity (Wildman–Crippen MR) is 54.8 cm³/mol. The summed E-state index contributed by atoms with van der Waals surface area (Å²) in [5, 5.41) is 1.25. The number of rotatable bonds is 2. The molecule has 0 saturated heterocycles. The van der Waals surface area contributed by atoms with Gasteiger partial charge in [-0.05, 0) is 5.19 Å². The molecule has 0 aliphatic carbocycles. The number of carbonyl (C=O) groups is 1. The van der Waals surface area contributed by atoms with Crippen LogP contribution >= 0.6 is 0 Å². The lowest BCUT2D eigenvalue weighted by molar-refractivity contribution is 0.112. The van der Waals surface area contributed by atoms with Crippen molar-refractivity contribution in [3.05, 3.63) is 29.8 Å². The summed E-state index contributed by atoms with van der Waals surface area (Å²) in [6, 6.07) is 7.87. The smallest absolute Gasteiger partial charge is 0.149 e. The molecule has 0 amide bonds. The molecule has 0 radical (unpaired) electrons. The maximum absolute atomic E-state index is 10.7. The van der Waals surface area contributed by atoms with Crippen molar-refractivity contribution >= 4 is 19.5 Å². The van der Waals surface area contributed by atoms with Gasteiger partial charge in [-0.25, -0.2) is 0 Å². The molecule has 0 spiro atoms. The first-order chi connectivity index (χ1) is 5.55. The van der Waals surface area contributed by atoms with Crippen LogP contribution in [0.3, 0.4) is 0 Å². The molecule has 0 N–H and O–H groups in total. The zero-order valence-corrected chi connectivity index (χ0v) is 8.79. The minimum Gasteiger partial charge on any atom is -0.298 e. The lowest BCUT2D eigenvalue weighted by Crippen LogP contribution is -2.39.